The van der Waals surface area contributed by atoms with Gasteiger partial charge in [0.2, 0.25) is 5.56 Å². The summed E-state index contributed by atoms with van der Waals surface area (Å²) < 4.78 is 0. The van der Waals surface area contributed by atoms with Gasteiger partial charge in [-0.25, -0.2) is 4.98 Å². The first kappa shape index (κ1) is 11.1. The maximum atomic E-state index is 11.8. The second-order valence-electron chi connectivity index (χ2n) is 3.60. The minimum absolute atomic E-state index is 0.232. The zero-order chi connectivity index (χ0) is 12.3. The zero-order valence-electron chi connectivity index (χ0n) is 9.23. The Morgan fingerprint density at radius 2 is 2.29 bits per heavy atom. The summed E-state index contributed by atoms with van der Waals surface area (Å²) in [6, 6.07) is 4.19. The molecule has 0 fully saturated rings. The maximum Gasteiger partial charge on any atom is 0.268 e. The lowest BCUT2D eigenvalue weighted by atomic mass is 10.3. The van der Waals surface area contributed by atoms with Crippen LogP contribution in [0.1, 0.15) is 29.3 Å². The molecule has 0 aliphatic rings. The van der Waals surface area contributed by atoms with Crippen LogP contribution in [0.2, 0.25) is 0 Å². The van der Waals surface area contributed by atoms with E-state index in [0.29, 0.717) is 5.82 Å². The molecule has 2 aromatic rings. The number of imidazole rings is 1. The molecule has 0 saturated heterocycles. The summed E-state index contributed by atoms with van der Waals surface area (Å²) in [5.41, 5.74) is -0.0702. The van der Waals surface area contributed by atoms with Crippen LogP contribution >= 0.6 is 0 Å². The molecule has 0 spiro atoms. The number of hydrogen-bond donors (Lipinski definition) is 3. The summed E-state index contributed by atoms with van der Waals surface area (Å²) in [4.78, 5) is 32.2. The fraction of sp³-hybridized carbons (Fsp3) is 0.182. The molecule has 1 amide bonds. The Labute approximate surface area is 97.1 Å². The fourth-order valence-corrected chi connectivity index (χ4v) is 1.44. The molecule has 0 bridgehead atoms. The third-order valence-electron chi connectivity index (χ3n) is 2.29. The van der Waals surface area contributed by atoms with Gasteiger partial charge in [-0.3, -0.25) is 9.59 Å². The summed E-state index contributed by atoms with van der Waals surface area (Å²) >= 11 is 0. The number of rotatable bonds is 3. The number of carbonyl (C=O) groups is 1. The number of carbonyl (C=O) groups excluding carboxylic acids is 1. The molecule has 6 heteroatoms. The Hall–Kier alpha value is -2.37. The van der Waals surface area contributed by atoms with E-state index in [1.807, 2.05) is 0 Å². The molecule has 1 unspecified atom stereocenters. The third-order valence-corrected chi connectivity index (χ3v) is 2.29. The summed E-state index contributed by atoms with van der Waals surface area (Å²) in [6.45, 7) is 1.80. The van der Waals surface area contributed by atoms with E-state index in [4.69, 9.17) is 0 Å². The van der Waals surface area contributed by atoms with Crippen molar-refractivity contribution >= 4 is 5.91 Å². The second-order valence-corrected chi connectivity index (χ2v) is 3.60. The molecule has 0 radical (unpaired) electrons. The number of amides is 1. The Bertz CT molecular complexity index is 559. The highest BCUT2D eigenvalue weighted by molar-refractivity contribution is 5.92. The van der Waals surface area contributed by atoms with Crippen LogP contribution in [0.25, 0.3) is 0 Å². The van der Waals surface area contributed by atoms with Crippen LogP contribution in [-0.2, 0) is 0 Å². The molecule has 17 heavy (non-hydrogen) atoms. The number of pyridine rings is 1. The summed E-state index contributed by atoms with van der Waals surface area (Å²) in [7, 11) is 0. The SMILES string of the molecule is CC(NC(=O)c1cccc(=O)[nH]1)c1ncc[nH]1. The molecule has 2 heterocycles. The van der Waals surface area contributed by atoms with E-state index in [1.54, 1.807) is 25.4 Å². The van der Waals surface area contributed by atoms with Gasteiger partial charge in [0.15, 0.2) is 0 Å². The molecular formula is C11H12N4O2. The predicted octanol–water partition coefficient (Wildman–Crippen LogP) is 0.589. The lowest BCUT2D eigenvalue weighted by molar-refractivity contribution is 0.0933. The number of nitrogens with zero attached hydrogens (tertiary/aromatic N) is 1. The highest BCUT2D eigenvalue weighted by Crippen LogP contribution is 2.05. The van der Waals surface area contributed by atoms with E-state index in [0.717, 1.165) is 0 Å². The van der Waals surface area contributed by atoms with Crippen LogP contribution in [0.4, 0.5) is 0 Å². The number of H-pyrrole nitrogens is 2. The first-order valence-electron chi connectivity index (χ1n) is 5.16. The number of aromatic amines is 2. The third kappa shape index (κ3) is 2.60. The molecule has 0 aliphatic heterocycles. The van der Waals surface area contributed by atoms with E-state index in [1.165, 1.54) is 12.1 Å². The molecule has 1 atom stereocenters. The summed E-state index contributed by atoms with van der Waals surface area (Å²) in [6.07, 6.45) is 3.30. The Morgan fingerprint density at radius 1 is 1.47 bits per heavy atom. The lowest BCUT2D eigenvalue weighted by Crippen LogP contribution is -2.29. The maximum absolute atomic E-state index is 11.8. The first-order valence-corrected chi connectivity index (χ1v) is 5.16. The zero-order valence-corrected chi connectivity index (χ0v) is 9.23. The Balaban J connectivity index is 2.10. The van der Waals surface area contributed by atoms with Gasteiger partial charge in [-0.2, -0.15) is 0 Å². The van der Waals surface area contributed by atoms with Crippen LogP contribution in [0.15, 0.2) is 35.4 Å². The molecule has 2 rings (SSSR count). The van der Waals surface area contributed by atoms with Gasteiger partial charge in [0, 0.05) is 18.5 Å². The van der Waals surface area contributed by atoms with Crippen molar-refractivity contribution in [2.45, 2.75) is 13.0 Å². The van der Waals surface area contributed by atoms with Crippen LogP contribution in [0.3, 0.4) is 0 Å². The average molecular weight is 232 g/mol. The highest BCUT2D eigenvalue weighted by Gasteiger charge is 2.13. The van der Waals surface area contributed by atoms with Crippen molar-refractivity contribution < 1.29 is 4.79 Å². The van der Waals surface area contributed by atoms with Crippen molar-refractivity contribution in [1.82, 2.24) is 20.3 Å². The normalized spacial score (nSPS) is 12.1. The molecule has 3 N–H and O–H groups in total. The molecule has 0 aliphatic carbocycles. The minimum atomic E-state index is -0.341. The second kappa shape index (κ2) is 4.65. The van der Waals surface area contributed by atoms with Crippen LogP contribution in [-0.4, -0.2) is 20.9 Å². The topological polar surface area (TPSA) is 90.6 Å². The summed E-state index contributed by atoms with van der Waals surface area (Å²) in [5, 5.41) is 2.72. The standard InChI is InChI=1S/C11H12N4O2/c1-7(10-12-5-6-13-10)14-11(17)8-3-2-4-9(16)15-8/h2-7H,1H3,(H,12,13)(H,14,17)(H,15,16). The van der Waals surface area contributed by atoms with Crippen LogP contribution in [0.5, 0.6) is 0 Å². The van der Waals surface area contributed by atoms with E-state index in [-0.39, 0.29) is 23.2 Å². The predicted molar refractivity (Wildman–Crippen MR) is 61.5 cm³/mol. The average Bonchev–Trinajstić information content (AvgIpc) is 2.82. The molecule has 2 aromatic heterocycles. The number of aromatic nitrogens is 3. The minimum Gasteiger partial charge on any atom is -0.347 e. The van der Waals surface area contributed by atoms with Gasteiger partial charge < -0.3 is 15.3 Å². The molecular weight excluding hydrogens is 220 g/mol. The van der Waals surface area contributed by atoms with Crippen LogP contribution < -0.4 is 10.9 Å². The Morgan fingerprint density at radius 3 is 2.94 bits per heavy atom. The number of hydrogen-bond acceptors (Lipinski definition) is 3. The van der Waals surface area contributed by atoms with Crippen molar-refractivity contribution in [2.24, 2.45) is 0 Å². The Kier molecular flexibility index (Phi) is 3.04. The van der Waals surface area contributed by atoms with Gasteiger partial charge in [-0.15, -0.1) is 0 Å². The van der Waals surface area contributed by atoms with Gasteiger partial charge in [0.05, 0.1) is 6.04 Å². The smallest absolute Gasteiger partial charge is 0.268 e. The van der Waals surface area contributed by atoms with Crippen LogP contribution in [0, 0.1) is 0 Å². The quantitative estimate of drug-likeness (QED) is 0.723. The molecule has 6 nitrogen and oxygen atoms in total. The van der Waals surface area contributed by atoms with Crippen molar-refractivity contribution in [3.8, 4) is 0 Å². The van der Waals surface area contributed by atoms with Gasteiger partial charge in [-0.1, -0.05) is 6.07 Å². The van der Waals surface area contributed by atoms with Gasteiger partial charge in [0.1, 0.15) is 11.5 Å². The van der Waals surface area contributed by atoms with Gasteiger partial charge in [-0.05, 0) is 13.0 Å². The van der Waals surface area contributed by atoms with E-state index < -0.39 is 0 Å². The molecule has 0 aromatic carbocycles. The fourth-order valence-electron chi connectivity index (χ4n) is 1.44. The van der Waals surface area contributed by atoms with E-state index in [2.05, 4.69) is 20.3 Å². The van der Waals surface area contributed by atoms with E-state index >= 15 is 0 Å². The van der Waals surface area contributed by atoms with E-state index in [9.17, 15) is 9.59 Å². The van der Waals surface area contributed by atoms with Gasteiger partial charge >= 0.3 is 0 Å². The monoisotopic (exact) mass is 232 g/mol. The summed E-state index contributed by atoms with van der Waals surface area (Å²) in [5.74, 6) is 0.322. The molecule has 88 valence electrons. The van der Waals surface area contributed by atoms with Crippen molar-refractivity contribution in [2.75, 3.05) is 0 Å². The van der Waals surface area contributed by atoms with Gasteiger partial charge in [0.25, 0.3) is 5.91 Å². The lowest BCUT2D eigenvalue weighted by Gasteiger charge is -2.10. The highest BCUT2D eigenvalue weighted by atomic mass is 16.2. The molecule has 0 saturated carbocycles. The van der Waals surface area contributed by atoms with Crippen molar-refractivity contribution in [1.29, 1.82) is 0 Å². The van der Waals surface area contributed by atoms with Crippen molar-refractivity contribution in [3.63, 3.8) is 0 Å². The first-order chi connectivity index (χ1) is 8.16. The van der Waals surface area contributed by atoms with Crippen molar-refractivity contribution in [3.05, 3.63) is 52.5 Å². The number of nitrogens with one attached hydrogen (secondary N) is 3. The largest absolute Gasteiger partial charge is 0.347 e.